The molecule has 0 atom stereocenters. The van der Waals surface area contributed by atoms with Crippen molar-refractivity contribution in [2.24, 2.45) is 0 Å². The van der Waals surface area contributed by atoms with Crippen molar-refractivity contribution in [3.05, 3.63) is 58.1 Å². The number of aromatic nitrogens is 4. The highest BCUT2D eigenvalue weighted by molar-refractivity contribution is 7.80. The Morgan fingerprint density at radius 3 is 2.58 bits per heavy atom. The summed E-state index contributed by atoms with van der Waals surface area (Å²) >= 11 is 17.2. The molecule has 2 heterocycles. The standard InChI is InChI=1S/C17H18Cl2N6S/c1-3-25-11(2)12(7-21-25)9-24-10-14(8-20-24)23-17(26)22-13-4-5-15(18)16(19)6-13/h4-8,10H,3,9H2,1-2H3,(H2,22,23,26). The van der Waals surface area contributed by atoms with E-state index in [1.807, 2.05) is 21.8 Å². The minimum Gasteiger partial charge on any atom is -0.332 e. The summed E-state index contributed by atoms with van der Waals surface area (Å²) in [5, 5.41) is 16.3. The van der Waals surface area contributed by atoms with Gasteiger partial charge in [0.15, 0.2) is 5.11 Å². The summed E-state index contributed by atoms with van der Waals surface area (Å²) in [4.78, 5) is 0. The molecule has 0 radical (unpaired) electrons. The van der Waals surface area contributed by atoms with Crippen molar-refractivity contribution >= 4 is 51.9 Å². The van der Waals surface area contributed by atoms with Crippen molar-refractivity contribution in [2.45, 2.75) is 26.9 Å². The highest BCUT2D eigenvalue weighted by atomic mass is 35.5. The number of rotatable bonds is 5. The van der Waals surface area contributed by atoms with Gasteiger partial charge in [0.1, 0.15) is 0 Å². The lowest BCUT2D eigenvalue weighted by atomic mass is 10.2. The van der Waals surface area contributed by atoms with E-state index in [1.165, 1.54) is 0 Å². The SMILES string of the molecule is CCn1ncc(Cn2cc(NC(=S)Nc3ccc(Cl)c(Cl)c3)cn2)c1C. The number of thiocarbonyl (C=S) groups is 1. The maximum atomic E-state index is 6.01. The third kappa shape index (κ3) is 4.35. The maximum Gasteiger partial charge on any atom is 0.175 e. The van der Waals surface area contributed by atoms with Gasteiger partial charge in [-0.15, -0.1) is 0 Å². The topological polar surface area (TPSA) is 59.7 Å². The Balaban J connectivity index is 1.61. The quantitative estimate of drug-likeness (QED) is 0.605. The van der Waals surface area contributed by atoms with Gasteiger partial charge in [0.25, 0.3) is 0 Å². The van der Waals surface area contributed by atoms with Gasteiger partial charge in [-0.05, 0) is 44.3 Å². The minimum absolute atomic E-state index is 0.443. The molecule has 6 nitrogen and oxygen atoms in total. The van der Waals surface area contributed by atoms with Crippen LogP contribution in [0.2, 0.25) is 10.0 Å². The van der Waals surface area contributed by atoms with Gasteiger partial charge in [-0.25, -0.2) is 0 Å². The van der Waals surface area contributed by atoms with Crippen LogP contribution in [0.15, 0.2) is 36.8 Å². The number of halogens is 2. The average molecular weight is 409 g/mol. The van der Waals surface area contributed by atoms with Crippen molar-refractivity contribution < 1.29 is 0 Å². The third-order valence-electron chi connectivity index (χ3n) is 3.91. The fourth-order valence-electron chi connectivity index (χ4n) is 2.52. The van der Waals surface area contributed by atoms with Gasteiger partial charge in [-0.2, -0.15) is 10.2 Å². The van der Waals surface area contributed by atoms with Crippen LogP contribution in [-0.2, 0) is 13.1 Å². The Morgan fingerprint density at radius 1 is 1.12 bits per heavy atom. The molecule has 0 bridgehead atoms. The molecule has 0 spiro atoms. The summed E-state index contributed by atoms with van der Waals surface area (Å²) in [5.74, 6) is 0. The van der Waals surface area contributed by atoms with Gasteiger partial charge in [0.2, 0.25) is 0 Å². The molecular weight excluding hydrogens is 391 g/mol. The minimum atomic E-state index is 0.443. The van der Waals surface area contributed by atoms with Gasteiger partial charge in [0, 0.05) is 29.7 Å². The Bertz CT molecular complexity index is 933. The van der Waals surface area contributed by atoms with Crippen LogP contribution in [0.5, 0.6) is 0 Å². The van der Waals surface area contributed by atoms with Crippen LogP contribution >= 0.6 is 35.4 Å². The van der Waals surface area contributed by atoms with Crippen molar-refractivity contribution in [1.29, 1.82) is 0 Å². The summed E-state index contributed by atoms with van der Waals surface area (Å²) < 4.78 is 3.81. The predicted octanol–water partition coefficient (Wildman–Crippen LogP) is 4.57. The molecule has 9 heteroatoms. The Labute approximate surface area is 167 Å². The number of nitrogens with zero attached hydrogens (tertiary/aromatic N) is 4. The Kier molecular flexibility index (Phi) is 5.80. The first kappa shape index (κ1) is 18.7. The molecule has 0 aliphatic heterocycles. The number of benzene rings is 1. The van der Waals surface area contributed by atoms with E-state index in [9.17, 15) is 0 Å². The zero-order valence-corrected chi connectivity index (χ0v) is 16.7. The average Bonchev–Trinajstić information content (AvgIpc) is 3.18. The van der Waals surface area contributed by atoms with Crippen LogP contribution in [0.25, 0.3) is 0 Å². The molecule has 0 amide bonds. The van der Waals surface area contributed by atoms with Crippen LogP contribution in [0, 0.1) is 6.92 Å². The van der Waals surface area contributed by atoms with Crippen molar-refractivity contribution in [1.82, 2.24) is 19.6 Å². The summed E-state index contributed by atoms with van der Waals surface area (Å²) in [6.07, 6.45) is 5.50. The summed E-state index contributed by atoms with van der Waals surface area (Å²) in [6, 6.07) is 5.24. The first-order chi connectivity index (χ1) is 12.5. The van der Waals surface area contributed by atoms with Gasteiger partial charge in [-0.1, -0.05) is 23.2 Å². The van der Waals surface area contributed by atoms with E-state index in [2.05, 4.69) is 34.7 Å². The van der Waals surface area contributed by atoms with E-state index in [-0.39, 0.29) is 0 Å². The molecule has 0 saturated carbocycles. The van der Waals surface area contributed by atoms with E-state index < -0.39 is 0 Å². The van der Waals surface area contributed by atoms with Crippen molar-refractivity contribution in [3.63, 3.8) is 0 Å². The van der Waals surface area contributed by atoms with Gasteiger partial charge in [-0.3, -0.25) is 9.36 Å². The fraction of sp³-hybridized carbons (Fsp3) is 0.235. The second-order valence-electron chi connectivity index (χ2n) is 5.71. The van der Waals surface area contributed by atoms with Crippen LogP contribution in [0.4, 0.5) is 11.4 Å². The molecule has 1 aromatic carbocycles. The lowest BCUT2D eigenvalue weighted by Gasteiger charge is -2.09. The molecule has 0 saturated heterocycles. The molecule has 0 unspecified atom stereocenters. The summed E-state index contributed by atoms with van der Waals surface area (Å²) in [6.45, 7) is 5.64. The maximum absolute atomic E-state index is 6.01. The van der Waals surface area contributed by atoms with Crippen LogP contribution in [-0.4, -0.2) is 24.7 Å². The third-order valence-corrected chi connectivity index (χ3v) is 4.85. The summed E-state index contributed by atoms with van der Waals surface area (Å²) in [5.41, 5.74) is 3.84. The Morgan fingerprint density at radius 2 is 1.88 bits per heavy atom. The highest BCUT2D eigenvalue weighted by Crippen LogP contribution is 2.25. The van der Waals surface area contributed by atoms with Crippen LogP contribution in [0.1, 0.15) is 18.2 Å². The molecule has 0 aliphatic rings. The largest absolute Gasteiger partial charge is 0.332 e. The van der Waals surface area contributed by atoms with Gasteiger partial charge in [0.05, 0.1) is 34.7 Å². The molecule has 0 aliphatic carbocycles. The second kappa shape index (κ2) is 8.07. The number of hydrogen-bond donors (Lipinski definition) is 2. The molecular formula is C17H18Cl2N6S. The molecule has 3 aromatic rings. The van der Waals surface area contributed by atoms with E-state index >= 15 is 0 Å². The fourth-order valence-corrected chi connectivity index (χ4v) is 3.05. The monoisotopic (exact) mass is 408 g/mol. The number of hydrogen-bond acceptors (Lipinski definition) is 3. The van der Waals surface area contributed by atoms with E-state index in [0.717, 1.165) is 29.2 Å². The molecule has 136 valence electrons. The summed E-state index contributed by atoms with van der Waals surface area (Å²) in [7, 11) is 0. The van der Waals surface area contributed by atoms with Gasteiger partial charge >= 0.3 is 0 Å². The first-order valence-electron chi connectivity index (χ1n) is 8.03. The lowest BCUT2D eigenvalue weighted by molar-refractivity contribution is 0.633. The van der Waals surface area contributed by atoms with Crippen molar-refractivity contribution in [3.8, 4) is 0 Å². The molecule has 0 fully saturated rings. The Hall–Kier alpha value is -2.09. The van der Waals surface area contributed by atoms with E-state index in [1.54, 1.807) is 24.4 Å². The highest BCUT2D eigenvalue weighted by Gasteiger charge is 2.08. The molecule has 26 heavy (non-hydrogen) atoms. The number of aryl methyl sites for hydroxylation is 1. The zero-order chi connectivity index (χ0) is 18.7. The predicted molar refractivity (Wildman–Crippen MR) is 110 cm³/mol. The lowest BCUT2D eigenvalue weighted by Crippen LogP contribution is -2.18. The van der Waals surface area contributed by atoms with E-state index in [0.29, 0.717) is 21.7 Å². The number of nitrogens with one attached hydrogen (secondary N) is 2. The van der Waals surface area contributed by atoms with Crippen LogP contribution in [0.3, 0.4) is 0 Å². The smallest absolute Gasteiger partial charge is 0.175 e. The van der Waals surface area contributed by atoms with Crippen LogP contribution < -0.4 is 10.6 Å². The van der Waals surface area contributed by atoms with E-state index in [4.69, 9.17) is 35.4 Å². The normalized spacial score (nSPS) is 10.8. The van der Waals surface area contributed by atoms with Crippen molar-refractivity contribution in [2.75, 3.05) is 10.6 Å². The zero-order valence-electron chi connectivity index (χ0n) is 14.3. The molecule has 3 rings (SSSR count). The van der Waals surface area contributed by atoms with Gasteiger partial charge < -0.3 is 10.6 Å². The molecule has 2 N–H and O–H groups in total. The second-order valence-corrected chi connectivity index (χ2v) is 6.93. The number of anilines is 2. The first-order valence-corrected chi connectivity index (χ1v) is 9.19. The molecule has 2 aromatic heterocycles.